The van der Waals surface area contributed by atoms with Crippen molar-refractivity contribution in [1.29, 1.82) is 0 Å². The summed E-state index contributed by atoms with van der Waals surface area (Å²) in [5.74, 6) is 0.204. The van der Waals surface area contributed by atoms with Crippen LogP contribution in [-0.4, -0.2) is 10.9 Å². The fraction of sp³-hybridized carbons (Fsp3) is 0. The first kappa shape index (κ1) is 9.67. The molecule has 0 aromatic carbocycles. The minimum atomic E-state index is -0.193. The van der Waals surface area contributed by atoms with Gasteiger partial charge in [0.15, 0.2) is 5.82 Å². The Hall–Kier alpha value is -1.88. The minimum absolute atomic E-state index is 0.193. The molecule has 0 bridgehead atoms. The van der Waals surface area contributed by atoms with Gasteiger partial charge in [-0.15, -0.1) is 0 Å². The summed E-state index contributed by atoms with van der Waals surface area (Å²) in [4.78, 5) is 15.6. The van der Waals surface area contributed by atoms with Crippen molar-refractivity contribution in [2.24, 2.45) is 0 Å². The first-order valence-corrected chi connectivity index (χ1v) is 5.25. The van der Waals surface area contributed by atoms with Crippen molar-refractivity contribution < 1.29 is 4.79 Å². The van der Waals surface area contributed by atoms with Crippen molar-refractivity contribution in [1.82, 2.24) is 4.98 Å². The molecule has 2 aromatic rings. The number of hydrogen-bond acceptors (Lipinski definition) is 4. The number of carbonyl (C=O) groups excluding carboxylic acids is 1. The molecule has 0 fully saturated rings. The Kier molecular flexibility index (Phi) is 2.64. The van der Waals surface area contributed by atoms with Gasteiger partial charge in [0.25, 0.3) is 5.91 Å². The van der Waals surface area contributed by atoms with Crippen LogP contribution in [0.1, 0.15) is 10.4 Å². The van der Waals surface area contributed by atoms with Crippen LogP contribution in [0.3, 0.4) is 0 Å². The van der Waals surface area contributed by atoms with Gasteiger partial charge in [-0.25, -0.2) is 4.98 Å². The van der Waals surface area contributed by atoms with Gasteiger partial charge in [-0.2, -0.15) is 11.3 Å². The molecule has 0 unspecified atom stereocenters. The molecule has 5 heteroatoms. The van der Waals surface area contributed by atoms with E-state index in [0.29, 0.717) is 17.1 Å². The van der Waals surface area contributed by atoms with Crippen molar-refractivity contribution in [3.05, 3.63) is 40.7 Å². The second-order valence-electron chi connectivity index (χ2n) is 2.91. The molecule has 15 heavy (non-hydrogen) atoms. The van der Waals surface area contributed by atoms with Gasteiger partial charge in [-0.3, -0.25) is 4.79 Å². The number of rotatable bonds is 2. The topological polar surface area (TPSA) is 68.0 Å². The lowest BCUT2D eigenvalue weighted by molar-refractivity contribution is 0.102. The molecule has 2 aromatic heterocycles. The molecule has 4 nitrogen and oxygen atoms in total. The first-order valence-electron chi connectivity index (χ1n) is 4.31. The van der Waals surface area contributed by atoms with Crippen LogP contribution in [0.2, 0.25) is 0 Å². The fourth-order valence-corrected chi connectivity index (χ4v) is 1.73. The van der Waals surface area contributed by atoms with E-state index in [2.05, 4.69) is 10.3 Å². The molecular formula is C10H9N3OS. The molecule has 0 radical (unpaired) electrons. The summed E-state index contributed by atoms with van der Waals surface area (Å²) in [5.41, 5.74) is 6.72. The number of thiophene rings is 1. The Morgan fingerprint density at radius 2 is 2.33 bits per heavy atom. The van der Waals surface area contributed by atoms with E-state index in [0.717, 1.165) is 0 Å². The third kappa shape index (κ3) is 2.13. The molecule has 1 amide bonds. The predicted molar refractivity (Wildman–Crippen MR) is 60.9 cm³/mol. The number of pyridine rings is 1. The fourth-order valence-electron chi connectivity index (χ4n) is 1.10. The molecule has 0 aliphatic carbocycles. The zero-order chi connectivity index (χ0) is 10.7. The standard InChI is InChI=1S/C10H9N3OS/c11-8-2-1-4-12-9(8)13-10(14)7-3-5-15-6-7/h1-6H,11H2,(H,12,13,14). The summed E-state index contributed by atoms with van der Waals surface area (Å²) in [6, 6.07) is 5.16. The molecule has 76 valence electrons. The van der Waals surface area contributed by atoms with Crippen molar-refractivity contribution in [2.75, 3.05) is 11.1 Å². The predicted octanol–water partition coefficient (Wildman–Crippen LogP) is 1.98. The molecule has 0 saturated heterocycles. The number of hydrogen-bond donors (Lipinski definition) is 2. The lowest BCUT2D eigenvalue weighted by Gasteiger charge is -2.04. The number of nitrogen functional groups attached to an aromatic ring is 1. The van der Waals surface area contributed by atoms with E-state index in [1.807, 2.05) is 5.38 Å². The maximum atomic E-state index is 11.6. The van der Waals surface area contributed by atoms with E-state index < -0.39 is 0 Å². The van der Waals surface area contributed by atoms with Gasteiger partial charge in [0.05, 0.1) is 11.3 Å². The van der Waals surface area contributed by atoms with Crippen LogP contribution in [0.15, 0.2) is 35.2 Å². The molecule has 3 N–H and O–H groups in total. The average molecular weight is 219 g/mol. The summed E-state index contributed by atoms with van der Waals surface area (Å²) >= 11 is 1.47. The lowest BCUT2D eigenvalue weighted by atomic mass is 10.3. The van der Waals surface area contributed by atoms with Gasteiger partial charge < -0.3 is 11.1 Å². The highest BCUT2D eigenvalue weighted by molar-refractivity contribution is 7.08. The first-order chi connectivity index (χ1) is 7.27. The molecule has 2 rings (SSSR count). The number of nitrogens with two attached hydrogens (primary N) is 1. The Labute approximate surface area is 90.8 Å². The number of nitrogens with one attached hydrogen (secondary N) is 1. The van der Waals surface area contributed by atoms with Gasteiger partial charge in [0.1, 0.15) is 0 Å². The van der Waals surface area contributed by atoms with E-state index in [1.165, 1.54) is 11.3 Å². The Balaban J connectivity index is 2.17. The summed E-state index contributed by atoms with van der Waals surface area (Å²) in [6.45, 7) is 0. The van der Waals surface area contributed by atoms with Gasteiger partial charge in [0, 0.05) is 11.6 Å². The van der Waals surface area contributed by atoms with Gasteiger partial charge >= 0.3 is 0 Å². The smallest absolute Gasteiger partial charge is 0.257 e. The monoisotopic (exact) mass is 219 g/mol. The Bertz CT molecular complexity index is 467. The Morgan fingerprint density at radius 3 is 3.00 bits per heavy atom. The van der Waals surface area contributed by atoms with Gasteiger partial charge in [0.2, 0.25) is 0 Å². The van der Waals surface area contributed by atoms with Crippen LogP contribution in [0.4, 0.5) is 11.5 Å². The van der Waals surface area contributed by atoms with Crippen molar-refractivity contribution in [3.63, 3.8) is 0 Å². The van der Waals surface area contributed by atoms with E-state index in [4.69, 9.17) is 5.73 Å². The minimum Gasteiger partial charge on any atom is -0.396 e. The molecular weight excluding hydrogens is 210 g/mol. The molecule has 0 aliphatic heterocycles. The summed E-state index contributed by atoms with van der Waals surface area (Å²) in [5, 5.41) is 6.26. The molecule has 0 aliphatic rings. The Morgan fingerprint density at radius 1 is 1.47 bits per heavy atom. The lowest BCUT2D eigenvalue weighted by Crippen LogP contribution is -2.13. The number of carbonyl (C=O) groups is 1. The number of nitrogens with zero attached hydrogens (tertiary/aromatic N) is 1. The highest BCUT2D eigenvalue weighted by Crippen LogP contribution is 2.15. The summed E-state index contributed by atoms with van der Waals surface area (Å²) < 4.78 is 0. The van der Waals surface area contributed by atoms with E-state index in [1.54, 1.807) is 29.8 Å². The second kappa shape index (κ2) is 4.10. The summed E-state index contributed by atoms with van der Waals surface area (Å²) in [6.07, 6.45) is 1.58. The largest absolute Gasteiger partial charge is 0.396 e. The highest BCUT2D eigenvalue weighted by atomic mass is 32.1. The maximum Gasteiger partial charge on any atom is 0.257 e. The number of aromatic nitrogens is 1. The third-order valence-corrected chi connectivity index (χ3v) is 2.54. The third-order valence-electron chi connectivity index (χ3n) is 1.85. The van der Waals surface area contributed by atoms with E-state index in [-0.39, 0.29) is 5.91 Å². The second-order valence-corrected chi connectivity index (χ2v) is 3.69. The van der Waals surface area contributed by atoms with Crippen LogP contribution in [-0.2, 0) is 0 Å². The SMILES string of the molecule is Nc1cccnc1NC(=O)c1ccsc1. The number of anilines is 2. The van der Waals surface area contributed by atoms with Crippen LogP contribution in [0, 0.1) is 0 Å². The van der Waals surface area contributed by atoms with Gasteiger partial charge in [-0.05, 0) is 23.6 Å². The molecule has 0 atom stereocenters. The van der Waals surface area contributed by atoms with Crippen LogP contribution in [0.5, 0.6) is 0 Å². The highest BCUT2D eigenvalue weighted by Gasteiger charge is 2.08. The van der Waals surface area contributed by atoms with Crippen molar-refractivity contribution in [3.8, 4) is 0 Å². The average Bonchev–Trinajstić information content (AvgIpc) is 2.74. The van der Waals surface area contributed by atoms with Crippen molar-refractivity contribution >= 4 is 28.7 Å². The van der Waals surface area contributed by atoms with Crippen LogP contribution >= 0.6 is 11.3 Å². The number of amides is 1. The van der Waals surface area contributed by atoms with Crippen LogP contribution in [0.25, 0.3) is 0 Å². The quantitative estimate of drug-likeness (QED) is 0.811. The zero-order valence-corrected chi connectivity index (χ0v) is 8.62. The van der Waals surface area contributed by atoms with E-state index >= 15 is 0 Å². The normalized spacial score (nSPS) is 9.87. The molecule has 0 spiro atoms. The zero-order valence-electron chi connectivity index (χ0n) is 7.81. The van der Waals surface area contributed by atoms with Crippen molar-refractivity contribution in [2.45, 2.75) is 0 Å². The molecule has 2 heterocycles. The van der Waals surface area contributed by atoms with E-state index in [9.17, 15) is 4.79 Å². The van der Waals surface area contributed by atoms with Gasteiger partial charge in [-0.1, -0.05) is 0 Å². The van der Waals surface area contributed by atoms with Crippen LogP contribution < -0.4 is 11.1 Å². The summed E-state index contributed by atoms with van der Waals surface area (Å²) in [7, 11) is 0. The maximum absolute atomic E-state index is 11.6. The molecule has 0 saturated carbocycles.